The van der Waals surface area contributed by atoms with Crippen LogP contribution in [0.25, 0.3) is 11.4 Å². The van der Waals surface area contributed by atoms with Crippen LogP contribution in [0.15, 0.2) is 35.1 Å². The zero-order valence-corrected chi connectivity index (χ0v) is 14.9. The van der Waals surface area contributed by atoms with E-state index in [1.165, 1.54) is 0 Å². The Bertz CT molecular complexity index is 802. The van der Waals surface area contributed by atoms with Crippen LogP contribution in [-0.4, -0.2) is 25.1 Å². The molecule has 0 atom stereocenters. The van der Waals surface area contributed by atoms with E-state index in [2.05, 4.69) is 58.1 Å². The van der Waals surface area contributed by atoms with E-state index in [0.29, 0.717) is 24.2 Å². The van der Waals surface area contributed by atoms with Crippen LogP contribution in [0.4, 0.5) is 5.82 Å². The molecule has 0 aromatic carbocycles. The number of nitrogens with zero attached hydrogens (tertiary/aromatic N) is 5. The zero-order valence-electron chi connectivity index (χ0n) is 14.9. The fourth-order valence-corrected chi connectivity index (χ4v) is 2.24. The molecule has 0 fully saturated rings. The molecule has 0 saturated carbocycles. The van der Waals surface area contributed by atoms with Crippen LogP contribution >= 0.6 is 0 Å². The molecule has 25 heavy (non-hydrogen) atoms. The third kappa shape index (κ3) is 4.17. The molecule has 7 nitrogen and oxygen atoms in total. The molecule has 0 radical (unpaired) electrons. The Labute approximate surface area is 146 Å². The van der Waals surface area contributed by atoms with Gasteiger partial charge in [-0.05, 0) is 18.1 Å². The Morgan fingerprint density at radius 3 is 2.44 bits per heavy atom. The first kappa shape index (κ1) is 17.0. The van der Waals surface area contributed by atoms with Crippen molar-refractivity contribution in [3.63, 3.8) is 0 Å². The molecular weight excluding hydrogens is 316 g/mol. The van der Waals surface area contributed by atoms with Gasteiger partial charge < -0.3 is 9.84 Å². The fraction of sp³-hybridized carbons (Fsp3) is 0.389. The van der Waals surface area contributed by atoms with Crippen LogP contribution < -0.4 is 5.32 Å². The van der Waals surface area contributed by atoms with Gasteiger partial charge in [-0.25, -0.2) is 9.97 Å². The van der Waals surface area contributed by atoms with Crippen molar-refractivity contribution in [1.82, 2.24) is 25.1 Å². The monoisotopic (exact) mass is 338 g/mol. The highest BCUT2D eigenvalue weighted by molar-refractivity contribution is 5.52. The lowest BCUT2D eigenvalue weighted by molar-refractivity contribution is 0.384. The minimum absolute atomic E-state index is 0.265. The number of hydrogen-bond acceptors (Lipinski definition) is 7. The van der Waals surface area contributed by atoms with Gasteiger partial charge in [0, 0.05) is 35.6 Å². The first-order chi connectivity index (χ1) is 12.0. The third-order valence-electron chi connectivity index (χ3n) is 3.70. The molecule has 7 heteroatoms. The SMILES string of the molecule is CC(C)c1cc(NCc2nc(-c3ccncc3)no2)nc(C(C)C)n1. The summed E-state index contributed by atoms with van der Waals surface area (Å²) in [5.41, 5.74) is 1.89. The number of pyridine rings is 1. The van der Waals surface area contributed by atoms with Crippen molar-refractivity contribution in [1.29, 1.82) is 0 Å². The third-order valence-corrected chi connectivity index (χ3v) is 3.70. The van der Waals surface area contributed by atoms with Gasteiger partial charge in [0.15, 0.2) is 0 Å². The van der Waals surface area contributed by atoms with Crippen molar-refractivity contribution in [3.8, 4) is 11.4 Å². The molecule has 0 bridgehead atoms. The Morgan fingerprint density at radius 2 is 1.76 bits per heavy atom. The summed E-state index contributed by atoms with van der Waals surface area (Å²) in [6.07, 6.45) is 3.40. The van der Waals surface area contributed by atoms with Crippen molar-refractivity contribution in [2.45, 2.75) is 46.1 Å². The Kier molecular flexibility index (Phi) is 5.02. The smallest absolute Gasteiger partial charge is 0.246 e. The molecule has 3 aromatic rings. The van der Waals surface area contributed by atoms with E-state index in [4.69, 9.17) is 4.52 Å². The molecular formula is C18H22N6O. The van der Waals surface area contributed by atoms with E-state index >= 15 is 0 Å². The van der Waals surface area contributed by atoms with E-state index < -0.39 is 0 Å². The van der Waals surface area contributed by atoms with E-state index in [1.54, 1.807) is 12.4 Å². The maximum atomic E-state index is 5.31. The fourth-order valence-electron chi connectivity index (χ4n) is 2.24. The van der Waals surface area contributed by atoms with Crippen LogP contribution in [0, 0.1) is 0 Å². The summed E-state index contributed by atoms with van der Waals surface area (Å²) in [6, 6.07) is 5.66. The summed E-state index contributed by atoms with van der Waals surface area (Å²) < 4.78 is 5.31. The maximum absolute atomic E-state index is 5.31. The summed E-state index contributed by atoms with van der Waals surface area (Å²) in [5.74, 6) is 3.25. The van der Waals surface area contributed by atoms with Crippen LogP contribution in [0.2, 0.25) is 0 Å². The molecule has 0 aliphatic carbocycles. The van der Waals surface area contributed by atoms with Gasteiger partial charge in [0.25, 0.3) is 0 Å². The summed E-state index contributed by atoms with van der Waals surface area (Å²) in [4.78, 5) is 17.6. The molecule has 0 spiro atoms. The molecule has 0 unspecified atom stereocenters. The molecule has 3 heterocycles. The van der Waals surface area contributed by atoms with Gasteiger partial charge in [0.05, 0.1) is 6.54 Å². The number of aromatic nitrogens is 5. The van der Waals surface area contributed by atoms with Gasteiger partial charge in [0.2, 0.25) is 11.7 Å². The standard InChI is InChI=1S/C18H22N6O/c1-11(2)14-9-15(22-17(21-14)12(3)4)20-10-16-23-18(24-25-16)13-5-7-19-8-6-13/h5-9,11-12H,10H2,1-4H3,(H,20,21,22). The minimum atomic E-state index is 0.265. The molecule has 130 valence electrons. The number of hydrogen-bond donors (Lipinski definition) is 1. The summed E-state index contributed by atoms with van der Waals surface area (Å²) in [7, 11) is 0. The molecule has 0 aliphatic heterocycles. The highest BCUT2D eigenvalue weighted by Gasteiger charge is 2.12. The second-order valence-electron chi connectivity index (χ2n) is 6.45. The predicted octanol–water partition coefficient (Wildman–Crippen LogP) is 3.78. The van der Waals surface area contributed by atoms with Crippen molar-refractivity contribution >= 4 is 5.82 Å². The first-order valence-electron chi connectivity index (χ1n) is 8.38. The van der Waals surface area contributed by atoms with Crippen molar-refractivity contribution in [2.24, 2.45) is 0 Å². The van der Waals surface area contributed by atoms with Crippen LogP contribution in [0.1, 0.15) is 56.9 Å². The van der Waals surface area contributed by atoms with Crippen molar-refractivity contribution < 1.29 is 4.52 Å². The summed E-state index contributed by atoms with van der Waals surface area (Å²) in [5, 5.41) is 7.26. The Morgan fingerprint density at radius 1 is 1.00 bits per heavy atom. The average Bonchev–Trinajstić information content (AvgIpc) is 3.09. The molecule has 0 saturated heterocycles. The zero-order chi connectivity index (χ0) is 17.8. The van der Waals surface area contributed by atoms with E-state index in [1.807, 2.05) is 18.2 Å². The lowest BCUT2D eigenvalue weighted by Crippen LogP contribution is -2.08. The topological polar surface area (TPSA) is 89.6 Å². The molecule has 3 aromatic heterocycles. The van der Waals surface area contributed by atoms with Gasteiger partial charge >= 0.3 is 0 Å². The minimum Gasteiger partial charge on any atom is -0.361 e. The first-order valence-corrected chi connectivity index (χ1v) is 8.38. The lowest BCUT2D eigenvalue weighted by atomic mass is 10.1. The van der Waals surface area contributed by atoms with Gasteiger partial charge in [-0.2, -0.15) is 4.98 Å². The van der Waals surface area contributed by atoms with Crippen molar-refractivity contribution in [3.05, 3.63) is 48.0 Å². The van der Waals surface area contributed by atoms with Crippen LogP contribution in [-0.2, 0) is 6.54 Å². The van der Waals surface area contributed by atoms with Gasteiger partial charge in [-0.3, -0.25) is 4.98 Å². The highest BCUT2D eigenvalue weighted by atomic mass is 16.5. The van der Waals surface area contributed by atoms with Gasteiger partial charge in [-0.1, -0.05) is 32.9 Å². The van der Waals surface area contributed by atoms with Crippen LogP contribution in [0.3, 0.4) is 0 Å². The normalized spacial score (nSPS) is 11.3. The summed E-state index contributed by atoms with van der Waals surface area (Å²) in [6.45, 7) is 8.82. The van der Waals surface area contributed by atoms with Crippen LogP contribution in [0.5, 0.6) is 0 Å². The van der Waals surface area contributed by atoms with E-state index in [9.17, 15) is 0 Å². The largest absolute Gasteiger partial charge is 0.361 e. The number of nitrogens with one attached hydrogen (secondary N) is 1. The average molecular weight is 338 g/mol. The number of rotatable bonds is 6. The van der Waals surface area contributed by atoms with Crippen molar-refractivity contribution in [2.75, 3.05) is 5.32 Å². The van der Waals surface area contributed by atoms with Gasteiger partial charge in [-0.15, -0.1) is 0 Å². The quantitative estimate of drug-likeness (QED) is 0.731. The lowest BCUT2D eigenvalue weighted by Gasteiger charge is -2.12. The predicted molar refractivity (Wildman–Crippen MR) is 95.1 cm³/mol. The maximum Gasteiger partial charge on any atom is 0.246 e. The molecule has 0 aliphatic rings. The summed E-state index contributed by atoms with van der Waals surface area (Å²) >= 11 is 0. The van der Waals surface area contributed by atoms with Gasteiger partial charge in [0.1, 0.15) is 11.6 Å². The van der Waals surface area contributed by atoms with E-state index in [-0.39, 0.29) is 5.92 Å². The Balaban J connectivity index is 1.74. The highest BCUT2D eigenvalue weighted by Crippen LogP contribution is 2.20. The molecule has 1 N–H and O–H groups in total. The molecule has 0 amide bonds. The second kappa shape index (κ2) is 7.38. The molecule has 3 rings (SSSR count). The number of anilines is 1. The second-order valence-corrected chi connectivity index (χ2v) is 6.45. The Hall–Kier alpha value is -2.83. The van der Waals surface area contributed by atoms with E-state index in [0.717, 1.165) is 22.9 Å².